The van der Waals surface area contributed by atoms with Crippen LogP contribution in [0.2, 0.25) is 0 Å². The van der Waals surface area contributed by atoms with Gasteiger partial charge in [0.1, 0.15) is 12.6 Å². The number of carboxylic acid groups (broad SMARTS) is 1. The standard InChI is InChI=1S/C20H38N12O7/c21-11(3-1-5-26-19(22)23)17(38)30-7-13(33)28-9-15(35)32-12(4-2-6-27-20(24)25)18(39)31-8-14(34)29-10-16(36)37/h11-12H,1-10,21H2,(H,28,33)(H,29,34)(H,30,38)(H,31,39)(H,32,35)(H,36,37)(H4,22,23,26)(H4,24,25,27)/t11-,12-/m0/s1. The van der Waals surface area contributed by atoms with Gasteiger partial charge in [-0.25, -0.2) is 0 Å². The molecule has 0 aliphatic heterocycles. The van der Waals surface area contributed by atoms with Gasteiger partial charge in [0.05, 0.1) is 25.7 Å². The van der Waals surface area contributed by atoms with Gasteiger partial charge in [0.15, 0.2) is 11.9 Å². The molecule has 0 unspecified atom stereocenters. The summed E-state index contributed by atoms with van der Waals surface area (Å²) >= 11 is 0. The Labute approximate surface area is 224 Å². The van der Waals surface area contributed by atoms with Crippen LogP contribution in [0.4, 0.5) is 0 Å². The number of hydrogen-bond acceptors (Lipinski definition) is 9. The summed E-state index contributed by atoms with van der Waals surface area (Å²) in [5.41, 5.74) is 16.1. The molecule has 0 spiro atoms. The maximum absolute atomic E-state index is 12.5. The van der Waals surface area contributed by atoms with E-state index >= 15 is 0 Å². The van der Waals surface area contributed by atoms with Crippen LogP contribution in [0, 0.1) is 10.8 Å². The molecule has 16 N–H and O–H groups in total. The zero-order chi connectivity index (χ0) is 29.8. The molecule has 5 amide bonds. The van der Waals surface area contributed by atoms with Crippen molar-refractivity contribution in [2.24, 2.45) is 17.2 Å². The molecule has 0 fully saturated rings. The maximum atomic E-state index is 12.5. The number of aliphatic carboxylic acids is 1. The zero-order valence-electron chi connectivity index (χ0n) is 21.4. The molecular weight excluding hydrogens is 520 g/mol. The summed E-state index contributed by atoms with van der Waals surface area (Å²) in [5.74, 6) is -5.24. The molecule has 0 saturated carbocycles. The van der Waals surface area contributed by atoms with E-state index in [-0.39, 0.29) is 31.3 Å². The highest BCUT2D eigenvalue weighted by atomic mass is 16.4. The van der Waals surface area contributed by atoms with E-state index in [0.717, 1.165) is 0 Å². The number of carboxylic acids is 1. The smallest absolute Gasteiger partial charge is 0.322 e. The lowest BCUT2D eigenvalue weighted by atomic mass is 10.1. The van der Waals surface area contributed by atoms with Crippen molar-refractivity contribution >= 4 is 47.4 Å². The summed E-state index contributed by atoms with van der Waals surface area (Å²) < 4.78 is 0. The molecule has 0 radical (unpaired) electrons. The Morgan fingerprint density at radius 3 is 1.62 bits per heavy atom. The first-order valence-electron chi connectivity index (χ1n) is 11.8. The number of nitrogens with two attached hydrogens (primary N) is 3. The summed E-state index contributed by atoms with van der Waals surface area (Å²) in [5, 5.41) is 39.2. The van der Waals surface area contributed by atoms with Crippen molar-refractivity contribution in [1.29, 1.82) is 10.8 Å². The first-order valence-corrected chi connectivity index (χ1v) is 11.8. The molecule has 0 aliphatic rings. The Bertz CT molecular complexity index is 898. The quantitative estimate of drug-likeness (QED) is 0.0400. The minimum Gasteiger partial charge on any atom is -0.480 e. The number of carbonyl (C=O) groups excluding carboxylic acids is 5. The van der Waals surface area contributed by atoms with Gasteiger partial charge in [-0.2, -0.15) is 0 Å². The van der Waals surface area contributed by atoms with Crippen molar-refractivity contribution in [3.05, 3.63) is 0 Å². The number of carbonyl (C=O) groups is 6. The molecule has 0 bridgehead atoms. The average Bonchev–Trinajstić information content (AvgIpc) is 2.86. The van der Waals surface area contributed by atoms with E-state index in [1.165, 1.54) is 0 Å². The Morgan fingerprint density at radius 1 is 0.641 bits per heavy atom. The second kappa shape index (κ2) is 19.4. The van der Waals surface area contributed by atoms with Gasteiger partial charge in [0, 0.05) is 13.1 Å². The second-order valence-electron chi connectivity index (χ2n) is 8.07. The molecule has 2 atom stereocenters. The Balaban J connectivity index is 4.62. The molecule has 0 aromatic heterocycles. The van der Waals surface area contributed by atoms with Crippen molar-refractivity contribution < 1.29 is 33.9 Å². The first kappa shape index (κ1) is 34.3. The van der Waals surface area contributed by atoms with Crippen molar-refractivity contribution in [3.8, 4) is 0 Å². The van der Waals surface area contributed by atoms with E-state index in [1.54, 1.807) is 0 Å². The zero-order valence-corrected chi connectivity index (χ0v) is 21.4. The van der Waals surface area contributed by atoms with E-state index in [1.807, 2.05) is 0 Å². The molecule has 0 aliphatic carbocycles. The average molecular weight is 559 g/mol. The monoisotopic (exact) mass is 558 g/mol. The predicted octanol–water partition coefficient (Wildman–Crippen LogP) is -6.13. The van der Waals surface area contributed by atoms with Crippen LogP contribution in [-0.2, 0) is 28.8 Å². The number of amides is 5. The molecule has 0 heterocycles. The molecule has 0 aromatic carbocycles. The molecule has 19 heteroatoms. The third-order valence-electron chi connectivity index (χ3n) is 4.71. The van der Waals surface area contributed by atoms with Crippen LogP contribution in [0.5, 0.6) is 0 Å². The van der Waals surface area contributed by atoms with Gasteiger partial charge in [0.2, 0.25) is 29.5 Å². The summed E-state index contributed by atoms with van der Waals surface area (Å²) in [6.45, 7) is -1.55. The molecule has 0 rings (SSSR count). The summed E-state index contributed by atoms with van der Waals surface area (Å²) in [4.78, 5) is 70.9. The number of nitrogens with one attached hydrogen (secondary N) is 9. The van der Waals surface area contributed by atoms with Gasteiger partial charge in [-0.3, -0.25) is 39.6 Å². The van der Waals surface area contributed by atoms with Gasteiger partial charge in [-0.05, 0) is 25.7 Å². The third kappa shape index (κ3) is 19.1. The largest absolute Gasteiger partial charge is 0.480 e. The molecule has 0 aromatic rings. The third-order valence-corrected chi connectivity index (χ3v) is 4.71. The summed E-state index contributed by atoms with van der Waals surface area (Å²) in [6, 6.07) is -2.01. The van der Waals surface area contributed by atoms with Crippen LogP contribution < -0.4 is 54.4 Å². The van der Waals surface area contributed by atoms with Crippen molar-refractivity contribution in [2.75, 3.05) is 39.3 Å². The first-order chi connectivity index (χ1) is 18.3. The normalized spacial score (nSPS) is 11.6. The molecule has 0 saturated heterocycles. The van der Waals surface area contributed by atoms with E-state index in [2.05, 4.69) is 37.2 Å². The lowest BCUT2D eigenvalue weighted by Gasteiger charge is -2.19. The van der Waals surface area contributed by atoms with Crippen LogP contribution in [0.15, 0.2) is 0 Å². The van der Waals surface area contributed by atoms with E-state index in [4.69, 9.17) is 33.1 Å². The fourth-order valence-corrected chi connectivity index (χ4v) is 2.79. The van der Waals surface area contributed by atoms with Gasteiger partial charge in [0.25, 0.3) is 0 Å². The van der Waals surface area contributed by atoms with Gasteiger partial charge in [-0.1, -0.05) is 0 Å². The van der Waals surface area contributed by atoms with Gasteiger partial charge in [-0.15, -0.1) is 0 Å². The minimum atomic E-state index is -1.26. The lowest BCUT2D eigenvalue weighted by molar-refractivity contribution is -0.138. The Hall–Kier alpha value is -4.68. The topological polar surface area (TPSA) is 333 Å². The van der Waals surface area contributed by atoms with Crippen molar-refractivity contribution in [2.45, 2.75) is 37.8 Å². The van der Waals surface area contributed by atoms with Crippen molar-refractivity contribution in [1.82, 2.24) is 37.2 Å². The molecule has 39 heavy (non-hydrogen) atoms. The molecular formula is C20H38N12O7. The summed E-state index contributed by atoms with van der Waals surface area (Å²) in [7, 11) is 0. The van der Waals surface area contributed by atoms with Gasteiger partial charge >= 0.3 is 5.97 Å². The fourth-order valence-electron chi connectivity index (χ4n) is 2.79. The Kier molecular flexibility index (Phi) is 17.1. The minimum absolute atomic E-state index is 0.0818. The number of hydrogen-bond donors (Lipinski definition) is 13. The van der Waals surface area contributed by atoms with Crippen LogP contribution in [-0.4, -0.2) is 104 Å². The van der Waals surface area contributed by atoms with Crippen LogP contribution in [0.1, 0.15) is 25.7 Å². The predicted molar refractivity (Wildman–Crippen MR) is 138 cm³/mol. The van der Waals surface area contributed by atoms with Crippen LogP contribution in [0.25, 0.3) is 0 Å². The fraction of sp³-hybridized carbons (Fsp3) is 0.600. The van der Waals surface area contributed by atoms with E-state index in [9.17, 15) is 28.8 Å². The van der Waals surface area contributed by atoms with Crippen LogP contribution in [0.3, 0.4) is 0 Å². The maximum Gasteiger partial charge on any atom is 0.322 e. The molecule has 19 nitrogen and oxygen atoms in total. The number of rotatable bonds is 19. The summed E-state index contributed by atoms with van der Waals surface area (Å²) in [6.07, 6.45) is 1.13. The SMILES string of the molecule is N=C(N)NCCC[C@H](NC(=O)CNC(=O)CNC(=O)[C@@H](N)CCCNC(=N)N)C(=O)NCC(=O)NCC(=O)O. The van der Waals surface area contributed by atoms with E-state index < -0.39 is 73.8 Å². The van der Waals surface area contributed by atoms with Crippen molar-refractivity contribution in [3.63, 3.8) is 0 Å². The Morgan fingerprint density at radius 2 is 1.10 bits per heavy atom. The highest BCUT2D eigenvalue weighted by Gasteiger charge is 2.21. The lowest BCUT2D eigenvalue weighted by Crippen LogP contribution is -2.52. The van der Waals surface area contributed by atoms with Gasteiger partial charge < -0.3 is 59.5 Å². The number of guanidine groups is 2. The molecule has 220 valence electrons. The van der Waals surface area contributed by atoms with Crippen LogP contribution >= 0.6 is 0 Å². The highest BCUT2D eigenvalue weighted by Crippen LogP contribution is 1.98. The second-order valence-corrected chi connectivity index (χ2v) is 8.07. The highest BCUT2D eigenvalue weighted by molar-refractivity contribution is 5.93. The van der Waals surface area contributed by atoms with E-state index in [0.29, 0.717) is 19.4 Å².